The van der Waals surface area contributed by atoms with Gasteiger partial charge in [0, 0.05) is 5.56 Å². The second-order valence-corrected chi connectivity index (χ2v) is 3.61. The van der Waals surface area contributed by atoms with Gasteiger partial charge in [-0.25, -0.2) is 4.79 Å². The van der Waals surface area contributed by atoms with E-state index in [1.54, 1.807) is 12.1 Å². The Labute approximate surface area is 91.6 Å². The lowest BCUT2D eigenvalue weighted by Crippen LogP contribution is -2.37. The summed E-state index contributed by atoms with van der Waals surface area (Å²) in [6, 6.07) is 6.56. The third-order valence-electron chi connectivity index (χ3n) is 2.17. The fourth-order valence-corrected chi connectivity index (χ4v) is 1.62. The minimum Gasteiger partial charge on any atom is -0.480 e. The minimum atomic E-state index is -0.902. The normalized spacial score (nSPS) is 19.5. The molecule has 2 rings (SSSR count). The van der Waals surface area contributed by atoms with Gasteiger partial charge in [0.25, 0.3) is 0 Å². The first-order valence-electron chi connectivity index (χ1n) is 4.47. The van der Waals surface area contributed by atoms with E-state index < -0.39 is 12.0 Å². The quantitative estimate of drug-likeness (QED) is 0.792. The number of carboxylic acids is 1. The second-order valence-electron chi connectivity index (χ2n) is 3.20. The molecule has 78 valence electrons. The summed E-state index contributed by atoms with van der Waals surface area (Å²) in [5.41, 5.74) is 0.739. The van der Waals surface area contributed by atoms with Gasteiger partial charge in [-0.3, -0.25) is 4.99 Å². The van der Waals surface area contributed by atoms with Crippen LogP contribution in [0.4, 0.5) is 0 Å². The van der Waals surface area contributed by atoms with E-state index in [9.17, 15) is 4.79 Å². The van der Waals surface area contributed by atoms with E-state index in [1.807, 2.05) is 12.1 Å². The fourth-order valence-electron chi connectivity index (χ4n) is 1.39. The van der Waals surface area contributed by atoms with Crippen LogP contribution < -0.4 is 5.32 Å². The molecule has 0 radical (unpaired) electrons. The summed E-state index contributed by atoms with van der Waals surface area (Å²) in [5, 5.41) is 12.2. The van der Waals surface area contributed by atoms with E-state index in [-0.39, 0.29) is 6.54 Å². The standard InChI is InChI=1S/C10H9ClN2O2/c11-7-4-2-1-3-6(7)9-12-5-8(13-9)10(14)15/h1-4,8H,5H2,(H,12,13)(H,14,15). The van der Waals surface area contributed by atoms with Crippen LogP contribution in [0.5, 0.6) is 0 Å². The number of carboxylic acid groups (broad SMARTS) is 1. The number of benzene rings is 1. The van der Waals surface area contributed by atoms with Gasteiger partial charge in [0.05, 0.1) is 11.6 Å². The summed E-state index contributed by atoms with van der Waals surface area (Å²) >= 11 is 5.96. The van der Waals surface area contributed by atoms with Gasteiger partial charge in [-0.15, -0.1) is 0 Å². The summed E-state index contributed by atoms with van der Waals surface area (Å²) < 4.78 is 0. The zero-order valence-electron chi connectivity index (χ0n) is 7.77. The number of aliphatic imine (C=N–C) groups is 1. The molecular weight excluding hydrogens is 216 g/mol. The molecule has 1 aliphatic rings. The number of carbonyl (C=O) groups is 1. The zero-order chi connectivity index (χ0) is 10.8. The van der Waals surface area contributed by atoms with E-state index in [1.165, 1.54) is 0 Å². The molecule has 0 spiro atoms. The van der Waals surface area contributed by atoms with Crippen molar-refractivity contribution in [3.05, 3.63) is 34.9 Å². The number of hydrogen-bond acceptors (Lipinski definition) is 3. The molecule has 0 bridgehead atoms. The monoisotopic (exact) mass is 224 g/mol. The van der Waals surface area contributed by atoms with Crippen molar-refractivity contribution in [1.82, 2.24) is 5.32 Å². The van der Waals surface area contributed by atoms with Crippen LogP contribution in [0.1, 0.15) is 5.56 Å². The molecule has 0 saturated heterocycles. The molecule has 0 amide bonds. The van der Waals surface area contributed by atoms with Gasteiger partial charge >= 0.3 is 5.97 Å². The highest BCUT2D eigenvalue weighted by Crippen LogP contribution is 2.17. The number of rotatable bonds is 2. The third-order valence-corrected chi connectivity index (χ3v) is 2.50. The first kappa shape index (κ1) is 9.98. The summed E-state index contributed by atoms with van der Waals surface area (Å²) in [5.74, 6) is -0.353. The highest BCUT2D eigenvalue weighted by Gasteiger charge is 2.25. The molecule has 0 aromatic heterocycles. The molecule has 1 aromatic carbocycles. The van der Waals surface area contributed by atoms with Gasteiger partial charge in [-0.2, -0.15) is 0 Å². The molecular formula is C10H9ClN2O2. The lowest BCUT2D eigenvalue weighted by Gasteiger charge is -2.07. The van der Waals surface area contributed by atoms with Crippen LogP contribution >= 0.6 is 11.6 Å². The Morgan fingerprint density at radius 2 is 2.27 bits per heavy atom. The lowest BCUT2D eigenvalue weighted by molar-refractivity contribution is -0.138. The molecule has 0 aliphatic carbocycles. The molecule has 1 unspecified atom stereocenters. The van der Waals surface area contributed by atoms with Crippen molar-refractivity contribution in [2.24, 2.45) is 4.99 Å². The third kappa shape index (κ3) is 1.94. The van der Waals surface area contributed by atoms with Crippen LogP contribution in [0, 0.1) is 0 Å². The van der Waals surface area contributed by atoms with Crippen molar-refractivity contribution in [3.63, 3.8) is 0 Å². The predicted octanol–water partition coefficient (Wildman–Crippen LogP) is 1.14. The number of amidine groups is 1. The Hall–Kier alpha value is -1.55. The maximum atomic E-state index is 10.7. The first-order valence-corrected chi connectivity index (χ1v) is 4.85. The van der Waals surface area contributed by atoms with E-state index in [0.29, 0.717) is 10.9 Å². The minimum absolute atomic E-state index is 0.246. The number of halogens is 1. The van der Waals surface area contributed by atoms with Crippen LogP contribution in [0.3, 0.4) is 0 Å². The van der Waals surface area contributed by atoms with Crippen LogP contribution in [0.2, 0.25) is 5.02 Å². The van der Waals surface area contributed by atoms with E-state index in [2.05, 4.69) is 10.3 Å². The van der Waals surface area contributed by atoms with Gasteiger partial charge in [-0.1, -0.05) is 23.7 Å². The highest BCUT2D eigenvalue weighted by molar-refractivity contribution is 6.34. The molecule has 1 atom stereocenters. The maximum absolute atomic E-state index is 10.7. The van der Waals surface area contributed by atoms with Gasteiger partial charge in [0.1, 0.15) is 11.9 Å². The van der Waals surface area contributed by atoms with E-state index in [4.69, 9.17) is 16.7 Å². The Morgan fingerprint density at radius 1 is 1.53 bits per heavy atom. The lowest BCUT2D eigenvalue weighted by atomic mass is 10.2. The average Bonchev–Trinajstić information content (AvgIpc) is 2.67. The second kappa shape index (κ2) is 3.90. The van der Waals surface area contributed by atoms with Gasteiger partial charge in [0.2, 0.25) is 0 Å². The summed E-state index contributed by atoms with van der Waals surface area (Å²) in [6.45, 7) is 0.246. The number of nitrogens with zero attached hydrogens (tertiary/aromatic N) is 1. The molecule has 1 aliphatic heterocycles. The van der Waals surface area contributed by atoms with Crippen molar-refractivity contribution < 1.29 is 9.90 Å². The summed E-state index contributed by atoms with van der Waals surface area (Å²) in [4.78, 5) is 14.8. The van der Waals surface area contributed by atoms with Crippen molar-refractivity contribution in [2.45, 2.75) is 6.04 Å². The summed E-state index contributed by atoms with van der Waals surface area (Å²) in [7, 11) is 0. The molecule has 1 aromatic rings. The molecule has 0 fully saturated rings. The van der Waals surface area contributed by atoms with Crippen LogP contribution in [-0.4, -0.2) is 29.5 Å². The predicted molar refractivity (Wildman–Crippen MR) is 57.4 cm³/mol. The van der Waals surface area contributed by atoms with Gasteiger partial charge < -0.3 is 10.4 Å². The van der Waals surface area contributed by atoms with Crippen molar-refractivity contribution >= 4 is 23.4 Å². The zero-order valence-corrected chi connectivity index (χ0v) is 8.53. The Balaban J connectivity index is 2.21. The Kier molecular flexibility index (Phi) is 2.60. The Morgan fingerprint density at radius 3 is 2.87 bits per heavy atom. The first-order chi connectivity index (χ1) is 7.18. The number of hydrogen-bond donors (Lipinski definition) is 2. The smallest absolute Gasteiger partial charge is 0.328 e. The van der Waals surface area contributed by atoms with Crippen LogP contribution in [0.25, 0.3) is 0 Å². The molecule has 1 heterocycles. The van der Waals surface area contributed by atoms with Gasteiger partial charge in [0.15, 0.2) is 0 Å². The number of aliphatic carboxylic acids is 1. The van der Waals surface area contributed by atoms with Crippen LogP contribution in [0.15, 0.2) is 29.3 Å². The SMILES string of the molecule is O=C(O)C1CN=C(c2ccccc2Cl)N1. The summed E-state index contributed by atoms with van der Waals surface area (Å²) in [6.07, 6.45) is 0. The topological polar surface area (TPSA) is 61.7 Å². The van der Waals surface area contributed by atoms with Crippen LogP contribution in [-0.2, 0) is 4.79 Å². The van der Waals surface area contributed by atoms with Gasteiger partial charge in [-0.05, 0) is 12.1 Å². The molecule has 0 saturated carbocycles. The maximum Gasteiger partial charge on any atom is 0.328 e. The molecule has 5 heteroatoms. The largest absolute Gasteiger partial charge is 0.480 e. The highest BCUT2D eigenvalue weighted by atomic mass is 35.5. The van der Waals surface area contributed by atoms with Crippen molar-refractivity contribution in [2.75, 3.05) is 6.54 Å². The molecule has 4 nitrogen and oxygen atoms in total. The van der Waals surface area contributed by atoms with Crippen molar-refractivity contribution in [3.8, 4) is 0 Å². The fraction of sp³-hybridized carbons (Fsp3) is 0.200. The molecule has 15 heavy (non-hydrogen) atoms. The molecule has 2 N–H and O–H groups in total. The van der Waals surface area contributed by atoms with E-state index >= 15 is 0 Å². The van der Waals surface area contributed by atoms with E-state index in [0.717, 1.165) is 5.56 Å². The van der Waals surface area contributed by atoms with Crippen molar-refractivity contribution in [1.29, 1.82) is 0 Å². The number of nitrogens with one attached hydrogen (secondary N) is 1. The Bertz CT molecular complexity index is 431. The average molecular weight is 225 g/mol.